The standard InChI is InChI=1S/C9H18N2S/c1-6-7(2)9(11-10-4)8(3)12-5/h6,8,10H,1-5H3/b7-6-,11-9-. The Morgan fingerprint density at radius 1 is 1.58 bits per heavy atom. The van der Waals surface area contributed by atoms with E-state index in [1.54, 1.807) is 11.8 Å². The van der Waals surface area contributed by atoms with E-state index in [9.17, 15) is 0 Å². The number of hydrogen-bond donors (Lipinski definition) is 1. The minimum absolute atomic E-state index is 0.452. The molecule has 1 unspecified atom stereocenters. The minimum atomic E-state index is 0.452. The summed E-state index contributed by atoms with van der Waals surface area (Å²) in [4.78, 5) is 0. The highest BCUT2D eigenvalue weighted by Gasteiger charge is 2.09. The quantitative estimate of drug-likeness (QED) is 0.538. The lowest BCUT2D eigenvalue weighted by Crippen LogP contribution is -2.17. The van der Waals surface area contributed by atoms with Crippen molar-refractivity contribution in [1.82, 2.24) is 5.43 Å². The summed E-state index contributed by atoms with van der Waals surface area (Å²) in [5.41, 5.74) is 5.21. The second-order valence-corrected chi connectivity index (χ2v) is 3.75. The molecule has 1 N–H and O–H groups in total. The molecule has 0 spiro atoms. The van der Waals surface area contributed by atoms with E-state index >= 15 is 0 Å². The average Bonchev–Trinajstić information content (AvgIpc) is 2.11. The molecule has 0 aromatic carbocycles. The van der Waals surface area contributed by atoms with Crippen molar-refractivity contribution in [1.29, 1.82) is 0 Å². The van der Waals surface area contributed by atoms with Crippen molar-refractivity contribution in [2.75, 3.05) is 13.3 Å². The summed E-state index contributed by atoms with van der Waals surface area (Å²) in [6.07, 6.45) is 4.18. The van der Waals surface area contributed by atoms with E-state index in [2.05, 4.69) is 36.7 Å². The summed E-state index contributed by atoms with van der Waals surface area (Å²) in [5, 5.41) is 4.70. The van der Waals surface area contributed by atoms with Crippen LogP contribution in [0.4, 0.5) is 0 Å². The zero-order chi connectivity index (χ0) is 9.56. The molecule has 2 nitrogen and oxygen atoms in total. The molecular formula is C9H18N2S. The summed E-state index contributed by atoms with van der Waals surface area (Å²) in [6.45, 7) is 6.28. The SMILES string of the molecule is C/C=C(C)\C(=N\NC)C(C)SC. The van der Waals surface area contributed by atoms with Crippen molar-refractivity contribution in [3.05, 3.63) is 11.6 Å². The lowest BCUT2D eigenvalue weighted by Gasteiger charge is -2.12. The Morgan fingerprint density at radius 3 is 2.50 bits per heavy atom. The van der Waals surface area contributed by atoms with E-state index in [-0.39, 0.29) is 0 Å². The number of rotatable bonds is 4. The maximum atomic E-state index is 4.24. The van der Waals surface area contributed by atoms with E-state index < -0.39 is 0 Å². The van der Waals surface area contributed by atoms with Gasteiger partial charge in [0.1, 0.15) is 0 Å². The Morgan fingerprint density at radius 2 is 2.17 bits per heavy atom. The van der Waals surface area contributed by atoms with E-state index in [4.69, 9.17) is 0 Å². The predicted molar refractivity (Wildman–Crippen MR) is 58.9 cm³/mol. The van der Waals surface area contributed by atoms with Gasteiger partial charge in [-0.25, -0.2) is 0 Å². The van der Waals surface area contributed by atoms with Gasteiger partial charge in [0.15, 0.2) is 0 Å². The van der Waals surface area contributed by atoms with Gasteiger partial charge in [0, 0.05) is 12.3 Å². The summed E-state index contributed by atoms with van der Waals surface area (Å²) in [5.74, 6) is 0. The molecule has 0 amide bonds. The van der Waals surface area contributed by atoms with Crippen LogP contribution in [0.25, 0.3) is 0 Å². The van der Waals surface area contributed by atoms with Gasteiger partial charge in [-0.05, 0) is 32.6 Å². The molecule has 0 saturated carbocycles. The summed E-state index contributed by atoms with van der Waals surface area (Å²) < 4.78 is 0. The monoisotopic (exact) mass is 186 g/mol. The van der Waals surface area contributed by atoms with Gasteiger partial charge in [0.2, 0.25) is 0 Å². The van der Waals surface area contributed by atoms with Crippen LogP contribution in [0.15, 0.2) is 16.8 Å². The number of thioether (sulfide) groups is 1. The van der Waals surface area contributed by atoms with Gasteiger partial charge < -0.3 is 5.43 Å². The first-order valence-corrected chi connectivity index (χ1v) is 5.36. The predicted octanol–water partition coefficient (Wildman–Crippen LogP) is 2.28. The van der Waals surface area contributed by atoms with Crippen LogP contribution in [0.2, 0.25) is 0 Å². The molecule has 0 saturated heterocycles. The molecule has 0 aliphatic rings. The van der Waals surface area contributed by atoms with Crippen molar-refractivity contribution in [3.63, 3.8) is 0 Å². The molecule has 0 heterocycles. The van der Waals surface area contributed by atoms with Crippen LogP contribution < -0.4 is 5.43 Å². The fourth-order valence-electron chi connectivity index (χ4n) is 0.880. The molecule has 0 rings (SSSR count). The molecule has 0 fully saturated rings. The third-order valence-electron chi connectivity index (χ3n) is 1.81. The van der Waals surface area contributed by atoms with Crippen molar-refractivity contribution in [3.8, 4) is 0 Å². The van der Waals surface area contributed by atoms with E-state index in [1.165, 1.54) is 5.57 Å². The first kappa shape index (κ1) is 11.6. The fourth-order valence-corrected chi connectivity index (χ4v) is 1.34. The van der Waals surface area contributed by atoms with Crippen LogP contribution in [0.3, 0.4) is 0 Å². The Hall–Kier alpha value is -0.440. The number of allylic oxidation sites excluding steroid dienone is 2. The highest BCUT2D eigenvalue weighted by Crippen LogP contribution is 2.12. The molecule has 1 atom stereocenters. The fraction of sp³-hybridized carbons (Fsp3) is 0.667. The van der Waals surface area contributed by atoms with Crippen LogP contribution in [-0.4, -0.2) is 24.3 Å². The Labute approximate surface area is 79.5 Å². The van der Waals surface area contributed by atoms with Gasteiger partial charge in [-0.3, -0.25) is 0 Å². The van der Waals surface area contributed by atoms with Crippen LogP contribution in [-0.2, 0) is 0 Å². The lowest BCUT2D eigenvalue weighted by atomic mass is 10.1. The molecular weight excluding hydrogens is 168 g/mol. The normalized spacial score (nSPS) is 16.1. The highest BCUT2D eigenvalue weighted by atomic mass is 32.2. The molecule has 0 aromatic heterocycles. The Balaban J connectivity index is 4.55. The van der Waals surface area contributed by atoms with E-state index in [0.717, 1.165) is 5.71 Å². The van der Waals surface area contributed by atoms with Gasteiger partial charge in [0.25, 0.3) is 0 Å². The van der Waals surface area contributed by atoms with Crippen molar-refractivity contribution in [2.45, 2.75) is 26.0 Å². The molecule has 0 radical (unpaired) electrons. The highest BCUT2D eigenvalue weighted by molar-refractivity contribution is 7.99. The molecule has 0 aromatic rings. The van der Waals surface area contributed by atoms with Crippen molar-refractivity contribution < 1.29 is 0 Å². The zero-order valence-corrected chi connectivity index (χ0v) is 9.33. The van der Waals surface area contributed by atoms with Crippen LogP contribution in [0, 0.1) is 0 Å². The summed E-state index contributed by atoms with van der Waals surface area (Å²) in [7, 11) is 1.83. The summed E-state index contributed by atoms with van der Waals surface area (Å²) >= 11 is 1.80. The third kappa shape index (κ3) is 3.30. The van der Waals surface area contributed by atoms with Gasteiger partial charge in [0.05, 0.1) is 5.71 Å². The number of nitrogens with one attached hydrogen (secondary N) is 1. The first-order chi connectivity index (χ1) is 5.67. The lowest BCUT2D eigenvalue weighted by molar-refractivity contribution is 0.892. The maximum absolute atomic E-state index is 4.24. The van der Waals surface area contributed by atoms with Crippen LogP contribution in [0.1, 0.15) is 20.8 Å². The molecule has 0 aliphatic carbocycles. The molecule has 12 heavy (non-hydrogen) atoms. The Kier molecular flexibility index (Phi) is 5.89. The zero-order valence-electron chi connectivity index (χ0n) is 8.51. The number of hydrogen-bond acceptors (Lipinski definition) is 3. The second kappa shape index (κ2) is 6.12. The molecule has 3 heteroatoms. The first-order valence-electron chi connectivity index (χ1n) is 4.07. The third-order valence-corrected chi connectivity index (χ3v) is 2.74. The largest absolute Gasteiger partial charge is 0.313 e. The number of nitrogens with zero attached hydrogens (tertiary/aromatic N) is 1. The molecule has 0 aliphatic heterocycles. The molecule has 70 valence electrons. The number of hydrazone groups is 1. The van der Waals surface area contributed by atoms with Crippen molar-refractivity contribution in [2.24, 2.45) is 5.10 Å². The van der Waals surface area contributed by atoms with Gasteiger partial charge in [-0.2, -0.15) is 16.9 Å². The second-order valence-electron chi connectivity index (χ2n) is 2.57. The average molecular weight is 186 g/mol. The van der Waals surface area contributed by atoms with E-state index in [1.807, 2.05) is 14.0 Å². The van der Waals surface area contributed by atoms with Crippen molar-refractivity contribution >= 4 is 17.5 Å². The minimum Gasteiger partial charge on any atom is -0.313 e. The maximum Gasteiger partial charge on any atom is 0.0755 e. The van der Waals surface area contributed by atoms with Crippen LogP contribution in [0.5, 0.6) is 0 Å². The summed E-state index contributed by atoms with van der Waals surface area (Å²) in [6, 6.07) is 0. The van der Waals surface area contributed by atoms with Gasteiger partial charge in [-0.15, -0.1) is 0 Å². The topological polar surface area (TPSA) is 24.4 Å². The van der Waals surface area contributed by atoms with E-state index in [0.29, 0.717) is 5.25 Å². The van der Waals surface area contributed by atoms with Crippen LogP contribution >= 0.6 is 11.8 Å². The van der Waals surface area contributed by atoms with Gasteiger partial charge in [-0.1, -0.05) is 6.08 Å². The molecule has 0 bridgehead atoms. The smallest absolute Gasteiger partial charge is 0.0755 e. The Bertz CT molecular complexity index is 185. The van der Waals surface area contributed by atoms with Gasteiger partial charge >= 0.3 is 0 Å².